The Morgan fingerprint density at radius 1 is 1.36 bits per heavy atom. The topological polar surface area (TPSA) is 63.4 Å². The molecule has 1 heterocycles. The largest absolute Gasteiger partial charge is 0.417 e. The molecule has 2 N–H and O–H groups in total. The highest BCUT2D eigenvalue weighted by Gasteiger charge is 2.57. The summed E-state index contributed by atoms with van der Waals surface area (Å²) in [5.74, 6) is -1.00. The maximum absolute atomic E-state index is 13.1. The van der Waals surface area contributed by atoms with Gasteiger partial charge in [0.25, 0.3) is 0 Å². The lowest BCUT2D eigenvalue weighted by atomic mass is 9.79. The van der Waals surface area contributed by atoms with E-state index < -0.39 is 33.6 Å². The van der Waals surface area contributed by atoms with Crippen LogP contribution >= 0.6 is 11.6 Å². The van der Waals surface area contributed by atoms with E-state index in [1.165, 1.54) is 17.0 Å². The van der Waals surface area contributed by atoms with Crippen molar-refractivity contribution >= 4 is 23.4 Å². The number of likely N-dealkylation sites (tertiary alicyclic amines) is 1. The molecule has 0 aromatic heterocycles. The van der Waals surface area contributed by atoms with Gasteiger partial charge < -0.3 is 10.6 Å². The summed E-state index contributed by atoms with van der Waals surface area (Å²) in [7, 11) is 0. The van der Waals surface area contributed by atoms with E-state index in [1.807, 2.05) is 0 Å². The Bertz CT molecular complexity index is 718. The van der Waals surface area contributed by atoms with Crippen molar-refractivity contribution in [3.8, 4) is 0 Å². The van der Waals surface area contributed by atoms with E-state index in [2.05, 4.69) is 0 Å². The fourth-order valence-electron chi connectivity index (χ4n) is 3.62. The van der Waals surface area contributed by atoms with Gasteiger partial charge in [0.05, 0.1) is 10.6 Å². The number of hydrogen-bond acceptors (Lipinski definition) is 2. The number of rotatable bonds is 4. The van der Waals surface area contributed by atoms with Crippen LogP contribution in [-0.4, -0.2) is 28.8 Å². The van der Waals surface area contributed by atoms with Gasteiger partial charge in [-0.2, -0.15) is 13.2 Å². The Kier molecular flexibility index (Phi) is 4.85. The molecule has 25 heavy (non-hydrogen) atoms. The number of nitrogens with zero attached hydrogens (tertiary/aromatic N) is 1. The zero-order valence-electron chi connectivity index (χ0n) is 14.2. The Hall–Kier alpha value is -1.76. The smallest absolute Gasteiger partial charge is 0.368 e. The minimum Gasteiger partial charge on any atom is -0.368 e. The molecule has 0 unspecified atom stereocenters. The van der Waals surface area contributed by atoms with Gasteiger partial charge >= 0.3 is 6.18 Å². The van der Waals surface area contributed by atoms with Crippen LogP contribution in [0.25, 0.3) is 0 Å². The number of primary amides is 1. The molecule has 0 aliphatic carbocycles. The first kappa shape index (κ1) is 19.6. The molecule has 1 aliphatic heterocycles. The monoisotopic (exact) mass is 376 g/mol. The second kappa shape index (κ2) is 6.20. The SMILES string of the molecule is CCN1C(=O)C(C)(C)C[C@@]1(Cc1cccc(C(F)(F)F)c1Cl)C(N)=O. The van der Waals surface area contributed by atoms with Crippen molar-refractivity contribution in [2.45, 2.75) is 45.3 Å². The fraction of sp³-hybridized carbons (Fsp3) is 0.529. The maximum atomic E-state index is 13.1. The maximum Gasteiger partial charge on any atom is 0.417 e. The van der Waals surface area contributed by atoms with Crippen LogP contribution in [0, 0.1) is 5.41 Å². The van der Waals surface area contributed by atoms with Crippen LogP contribution in [0.2, 0.25) is 5.02 Å². The van der Waals surface area contributed by atoms with Crippen molar-refractivity contribution in [3.05, 3.63) is 34.3 Å². The minimum absolute atomic E-state index is 0.120. The summed E-state index contributed by atoms with van der Waals surface area (Å²) >= 11 is 5.96. The van der Waals surface area contributed by atoms with E-state index >= 15 is 0 Å². The van der Waals surface area contributed by atoms with Gasteiger partial charge in [0, 0.05) is 18.4 Å². The lowest BCUT2D eigenvalue weighted by Gasteiger charge is -2.35. The number of carbonyl (C=O) groups is 2. The van der Waals surface area contributed by atoms with Crippen molar-refractivity contribution in [1.82, 2.24) is 4.90 Å². The van der Waals surface area contributed by atoms with Crippen molar-refractivity contribution in [1.29, 1.82) is 0 Å². The predicted molar refractivity (Wildman–Crippen MR) is 87.9 cm³/mol. The lowest BCUT2D eigenvalue weighted by molar-refractivity contribution is -0.142. The van der Waals surface area contributed by atoms with E-state index in [0.29, 0.717) is 0 Å². The van der Waals surface area contributed by atoms with Crippen LogP contribution in [0.4, 0.5) is 13.2 Å². The normalized spacial score (nSPS) is 23.2. The number of amides is 2. The van der Waals surface area contributed by atoms with Crippen LogP contribution in [0.3, 0.4) is 0 Å². The van der Waals surface area contributed by atoms with Gasteiger partial charge in [0.15, 0.2) is 0 Å². The highest BCUT2D eigenvalue weighted by atomic mass is 35.5. The van der Waals surface area contributed by atoms with Crippen molar-refractivity contribution in [3.63, 3.8) is 0 Å². The summed E-state index contributed by atoms with van der Waals surface area (Å²) < 4.78 is 39.3. The zero-order chi connectivity index (χ0) is 19.2. The number of halogens is 4. The van der Waals surface area contributed by atoms with Gasteiger partial charge in [0.1, 0.15) is 5.54 Å². The molecule has 0 radical (unpaired) electrons. The van der Waals surface area contributed by atoms with Crippen LogP contribution in [-0.2, 0) is 22.2 Å². The van der Waals surface area contributed by atoms with E-state index in [-0.39, 0.29) is 30.9 Å². The molecular formula is C17H20ClF3N2O2. The molecule has 1 aromatic rings. The first-order valence-electron chi connectivity index (χ1n) is 7.83. The van der Waals surface area contributed by atoms with Gasteiger partial charge in [-0.1, -0.05) is 37.6 Å². The molecule has 0 bridgehead atoms. The third-order valence-corrected chi connectivity index (χ3v) is 5.16. The van der Waals surface area contributed by atoms with E-state index in [0.717, 1.165) is 6.07 Å². The number of likely N-dealkylation sites (N-methyl/N-ethyl adjacent to an activating group) is 1. The van der Waals surface area contributed by atoms with Gasteiger partial charge in [0.2, 0.25) is 11.8 Å². The fourth-order valence-corrected chi connectivity index (χ4v) is 3.92. The molecule has 2 amide bonds. The molecule has 1 fully saturated rings. The molecule has 138 valence electrons. The Morgan fingerprint density at radius 3 is 2.44 bits per heavy atom. The van der Waals surface area contributed by atoms with Gasteiger partial charge in [-0.05, 0) is 25.0 Å². The van der Waals surface area contributed by atoms with E-state index in [4.69, 9.17) is 17.3 Å². The summed E-state index contributed by atoms with van der Waals surface area (Å²) in [6.07, 6.45) is -4.65. The Labute approximate surface area is 149 Å². The quantitative estimate of drug-likeness (QED) is 0.875. The molecular weight excluding hydrogens is 357 g/mol. The molecule has 0 spiro atoms. The van der Waals surface area contributed by atoms with E-state index in [1.54, 1.807) is 20.8 Å². The number of benzene rings is 1. The van der Waals surface area contributed by atoms with Crippen molar-refractivity contribution < 1.29 is 22.8 Å². The third kappa shape index (κ3) is 3.21. The third-order valence-electron chi connectivity index (χ3n) is 4.72. The molecule has 4 nitrogen and oxygen atoms in total. The average Bonchev–Trinajstić information content (AvgIpc) is 2.67. The molecule has 0 saturated carbocycles. The zero-order valence-corrected chi connectivity index (χ0v) is 15.0. The number of nitrogens with two attached hydrogens (primary N) is 1. The summed E-state index contributed by atoms with van der Waals surface area (Å²) in [4.78, 5) is 26.2. The summed E-state index contributed by atoms with van der Waals surface area (Å²) in [5.41, 5.74) is 2.54. The molecule has 8 heteroatoms. The number of alkyl halides is 3. The summed E-state index contributed by atoms with van der Waals surface area (Å²) in [5, 5.41) is -0.469. The Balaban J connectivity index is 2.56. The average molecular weight is 377 g/mol. The Morgan fingerprint density at radius 2 is 1.96 bits per heavy atom. The standard InChI is InChI=1S/C17H20ClF3N2O2/c1-4-23-14(25)15(2,3)9-16(23,13(22)24)8-10-6-5-7-11(12(10)18)17(19,20)21/h5-7H,4,8-9H2,1-3H3,(H2,22,24)/t16-/m0/s1. The molecule has 1 atom stereocenters. The second-order valence-electron chi connectivity index (χ2n) is 6.96. The van der Waals surface area contributed by atoms with Gasteiger partial charge in [-0.25, -0.2) is 0 Å². The molecule has 2 rings (SSSR count). The number of hydrogen-bond donors (Lipinski definition) is 1. The van der Waals surface area contributed by atoms with Gasteiger partial charge in [-0.3, -0.25) is 9.59 Å². The first-order chi connectivity index (χ1) is 11.4. The minimum atomic E-state index is -4.61. The lowest BCUT2D eigenvalue weighted by Crippen LogP contribution is -2.56. The first-order valence-corrected chi connectivity index (χ1v) is 8.21. The summed E-state index contributed by atoms with van der Waals surface area (Å²) in [6, 6.07) is 3.53. The van der Waals surface area contributed by atoms with Crippen LogP contribution in [0.1, 0.15) is 38.3 Å². The van der Waals surface area contributed by atoms with Crippen LogP contribution in [0.5, 0.6) is 0 Å². The highest BCUT2D eigenvalue weighted by Crippen LogP contribution is 2.45. The van der Waals surface area contributed by atoms with Crippen molar-refractivity contribution in [2.24, 2.45) is 11.1 Å². The second-order valence-corrected chi connectivity index (χ2v) is 7.34. The van der Waals surface area contributed by atoms with Crippen LogP contribution in [0.15, 0.2) is 18.2 Å². The van der Waals surface area contributed by atoms with Crippen LogP contribution < -0.4 is 5.73 Å². The number of carbonyl (C=O) groups excluding carboxylic acids is 2. The van der Waals surface area contributed by atoms with E-state index in [9.17, 15) is 22.8 Å². The van der Waals surface area contributed by atoms with Crippen molar-refractivity contribution in [2.75, 3.05) is 6.54 Å². The highest BCUT2D eigenvalue weighted by molar-refractivity contribution is 6.32. The summed E-state index contributed by atoms with van der Waals surface area (Å²) in [6.45, 7) is 5.30. The molecule has 1 aromatic carbocycles. The molecule has 1 saturated heterocycles. The van der Waals surface area contributed by atoms with Gasteiger partial charge in [-0.15, -0.1) is 0 Å². The predicted octanol–water partition coefficient (Wildman–Crippen LogP) is 3.40. The molecule has 1 aliphatic rings.